The van der Waals surface area contributed by atoms with Gasteiger partial charge in [0.15, 0.2) is 0 Å². The lowest BCUT2D eigenvalue weighted by Gasteiger charge is -2.24. The summed E-state index contributed by atoms with van der Waals surface area (Å²) < 4.78 is 10.4. The van der Waals surface area contributed by atoms with Crippen molar-refractivity contribution in [2.45, 2.75) is 25.0 Å². The van der Waals surface area contributed by atoms with E-state index in [0.29, 0.717) is 17.1 Å². The van der Waals surface area contributed by atoms with E-state index in [2.05, 4.69) is 10.6 Å². The molecule has 6 nitrogen and oxygen atoms in total. The van der Waals surface area contributed by atoms with Gasteiger partial charge in [-0.25, -0.2) is 0 Å². The topological polar surface area (TPSA) is 79.8 Å². The van der Waals surface area contributed by atoms with Crippen LogP contribution in [0.2, 0.25) is 0 Å². The van der Waals surface area contributed by atoms with Crippen molar-refractivity contribution >= 4 is 5.91 Å². The first-order chi connectivity index (χ1) is 10.2. The van der Waals surface area contributed by atoms with Crippen molar-refractivity contribution in [3.63, 3.8) is 0 Å². The minimum absolute atomic E-state index is 0.00828. The van der Waals surface area contributed by atoms with Gasteiger partial charge in [0.1, 0.15) is 11.5 Å². The summed E-state index contributed by atoms with van der Waals surface area (Å²) in [6, 6.07) is 5.03. The number of carbonyl (C=O) groups is 1. The number of hydrogen-bond donors (Lipinski definition) is 3. The fourth-order valence-electron chi connectivity index (χ4n) is 2.43. The van der Waals surface area contributed by atoms with Crippen LogP contribution in [0.25, 0.3) is 0 Å². The Balaban J connectivity index is 2.02. The molecule has 0 spiro atoms. The summed E-state index contributed by atoms with van der Waals surface area (Å²) in [7, 11) is 3.13. The van der Waals surface area contributed by atoms with Crippen molar-refractivity contribution in [2.24, 2.45) is 0 Å². The van der Waals surface area contributed by atoms with Crippen LogP contribution in [0.1, 0.15) is 24.5 Å². The maximum atomic E-state index is 11.7. The van der Waals surface area contributed by atoms with Crippen LogP contribution in [0.5, 0.6) is 11.5 Å². The third kappa shape index (κ3) is 3.86. The molecule has 6 heteroatoms. The molecule has 2 unspecified atom stereocenters. The number of nitrogens with one attached hydrogen (secondary N) is 2. The lowest BCUT2D eigenvalue weighted by molar-refractivity contribution is -0.124. The van der Waals surface area contributed by atoms with Gasteiger partial charge in [-0.3, -0.25) is 4.79 Å². The molecule has 1 fully saturated rings. The second-order valence-electron chi connectivity index (χ2n) is 5.02. The fraction of sp³-hybridized carbons (Fsp3) is 0.533. The van der Waals surface area contributed by atoms with Crippen molar-refractivity contribution in [1.82, 2.24) is 10.6 Å². The molecule has 0 radical (unpaired) electrons. The normalized spacial score (nSPS) is 19.8. The van der Waals surface area contributed by atoms with Crippen LogP contribution in [0.15, 0.2) is 18.2 Å². The molecule has 1 amide bonds. The van der Waals surface area contributed by atoms with Crippen molar-refractivity contribution < 1.29 is 19.4 Å². The minimum atomic E-state index is -0.773. The number of methoxy groups -OCH3 is 2. The molecular weight excluding hydrogens is 272 g/mol. The number of rotatable bonds is 6. The van der Waals surface area contributed by atoms with E-state index in [1.165, 1.54) is 0 Å². The number of piperidine rings is 1. The van der Waals surface area contributed by atoms with Gasteiger partial charge >= 0.3 is 0 Å². The Morgan fingerprint density at radius 3 is 2.90 bits per heavy atom. The van der Waals surface area contributed by atoms with E-state index in [0.717, 1.165) is 19.4 Å². The Hall–Kier alpha value is -1.79. The fourth-order valence-corrected chi connectivity index (χ4v) is 2.43. The molecule has 2 atom stereocenters. The number of hydrogen-bond acceptors (Lipinski definition) is 5. The predicted molar refractivity (Wildman–Crippen MR) is 78.5 cm³/mol. The first kappa shape index (κ1) is 15.6. The highest BCUT2D eigenvalue weighted by atomic mass is 16.5. The summed E-state index contributed by atoms with van der Waals surface area (Å²) in [5, 5.41) is 16.2. The van der Waals surface area contributed by atoms with Crippen LogP contribution >= 0.6 is 0 Å². The second-order valence-corrected chi connectivity index (χ2v) is 5.02. The van der Waals surface area contributed by atoms with Crippen molar-refractivity contribution in [3.8, 4) is 11.5 Å². The molecule has 1 aromatic rings. The predicted octanol–water partition coefficient (Wildman–Crippen LogP) is 0.605. The summed E-state index contributed by atoms with van der Waals surface area (Å²) in [5.74, 6) is 1.24. The first-order valence-electron chi connectivity index (χ1n) is 7.06. The maximum Gasteiger partial charge on any atom is 0.237 e. The van der Waals surface area contributed by atoms with E-state index < -0.39 is 6.10 Å². The highest BCUT2D eigenvalue weighted by Crippen LogP contribution is 2.29. The van der Waals surface area contributed by atoms with E-state index in [1.807, 2.05) is 0 Å². The van der Waals surface area contributed by atoms with Crippen LogP contribution in [0, 0.1) is 0 Å². The molecule has 0 bridgehead atoms. The van der Waals surface area contributed by atoms with Crippen LogP contribution < -0.4 is 20.1 Å². The molecule has 1 aliphatic heterocycles. The van der Waals surface area contributed by atoms with Crippen molar-refractivity contribution in [1.29, 1.82) is 0 Å². The highest BCUT2D eigenvalue weighted by Gasteiger charge is 2.23. The summed E-state index contributed by atoms with van der Waals surface area (Å²) in [5.41, 5.74) is 0.639. The Morgan fingerprint density at radius 1 is 1.43 bits per heavy atom. The lowest BCUT2D eigenvalue weighted by atomic mass is 10.0. The summed E-state index contributed by atoms with van der Waals surface area (Å²) >= 11 is 0. The second kappa shape index (κ2) is 7.28. The van der Waals surface area contributed by atoms with Gasteiger partial charge in [-0.2, -0.15) is 0 Å². The molecule has 1 aliphatic rings. The molecule has 21 heavy (non-hydrogen) atoms. The molecule has 1 saturated heterocycles. The molecule has 0 saturated carbocycles. The average molecular weight is 294 g/mol. The zero-order valence-corrected chi connectivity index (χ0v) is 12.4. The molecule has 0 aliphatic carbocycles. The molecule has 116 valence electrons. The quantitative estimate of drug-likeness (QED) is 0.716. The van der Waals surface area contributed by atoms with Crippen LogP contribution in [0.3, 0.4) is 0 Å². The first-order valence-corrected chi connectivity index (χ1v) is 7.06. The van der Waals surface area contributed by atoms with Gasteiger partial charge in [-0.1, -0.05) is 0 Å². The van der Waals surface area contributed by atoms with E-state index in [-0.39, 0.29) is 18.5 Å². The monoisotopic (exact) mass is 294 g/mol. The third-order valence-corrected chi connectivity index (χ3v) is 3.64. The van der Waals surface area contributed by atoms with Gasteiger partial charge in [0.25, 0.3) is 0 Å². The van der Waals surface area contributed by atoms with Gasteiger partial charge in [0, 0.05) is 18.7 Å². The van der Waals surface area contributed by atoms with Gasteiger partial charge in [-0.05, 0) is 31.0 Å². The number of ether oxygens (including phenoxy) is 2. The Kier molecular flexibility index (Phi) is 5.41. The Labute approximate surface area is 124 Å². The van der Waals surface area contributed by atoms with Gasteiger partial charge in [0.2, 0.25) is 5.91 Å². The summed E-state index contributed by atoms with van der Waals surface area (Å²) in [6.45, 7) is 1.00. The van der Waals surface area contributed by atoms with Crippen molar-refractivity contribution in [2.75, 3.05) is 27.3 Å². The van der Waals surface area contributed by atoms with Crippen molar-refractivity contribution in [3.05, 3.63) is 23.8 Å². The van der Waals surface area contributed by atoms with Crippen LogP contribution in [-0.4, -0.2) is 44.4 Å². The largest absolute Gasteiger partial charge is 0.497 e. The molecule has 1 aromatic carbocycles. The van der Waals surface area contributed by atoms with Gasteiger partial charge in [0.05, 0.1) is 26.4 Å². The highest BCUT2D eigenvalue weighted by molar-refractivity contribution is 5.82. The summed E-state index contributed by atoms with van der Waals surface area (Å²) in [6.07, 6.45) is 0.959. The van der Waals surface area contributed by atoms with E-state index in [4.69, 9.17) is 9.47 Å². The molecule has 2 rings (SSSR count). The molecular formula is C15H22N2O4. The zero-order valence-electron chi connectivity index (χ0n) is 12.4. The van der Waals surface area contributed by atoms with E-state index in [1.54, 1.807) is 32.4 Å². The number of benzene rings is 1. The standard InChI is InChI=1S/C15H22N2O4/c1-20-10-5-6-14(21-2)11(8-10)13(18)9-17-12-4-3-7-16-15(12)19/h5-6,8,12-13,17-18H,3-4,7,9H2,1-2H3,(H,16,19). The Morgan fingerprint density at radius 2 is 2.24 bits per heavy atom. The van der Waals surface area contributed by atoms with Crippen LogP contribution in [0.4, 0.5) is 0 Å². The average Bonchev–Trinajstić information content (AvgIpc) is 2.53. The summed E-state index contributed by atoms with van der Waals surface area (Å²) in [4.78, 5) is 11.7. The SMILES string of the molecule is COc1ccc(OC)c(C(O)CNC2CCCNC2=O)c1. The Bertz CT molecular complexity index is 493. The number of aliphatic hydroxyl groups excluding tert-OH is 1. The van der Waals surface area contributed by atoms with E-state index >= 15 is 0 Å². The van der Waals surface area contributed by atoms with Crippen LogP contribution in [-0.2, 0) is 4.79 Å². The maximum absolute atomic E-state index is 11.7. The third-order valence-electron chi connectivity index (χ3n) is 3.64. The zero-order chi connectivity index (χ0) is 15.2. The number of amides is 1. The molecule has 0 aromatic heterocycles. The van der Waals surface area contributed by atoms with Gasteiger partial charge < -0.3 is 25.2 Å². The smallest absolute Gasteiger partial charge is 0.237 e. The van der Waals surface area contributed by atoms with Gasteiger partial charge in [-0.15, -0.1) is 0 Å². The number of carbonyl (C=O) groups excluding carboxylic acids is 1. The molecule has 3 N–H and O–H groups in total. The number of aliphatic hydroxyl groups is 1. The molecule has 1 heterocycles. The lowest BCUT2D eigenvalue weighted by Crippen LogP contribution is -2.49. The minimum Gasteiger partial charge on any atom is -0.497 e. The van der Waals surface area contributed by atoms with E-state index in [9.17, 15) is 9.90 Å².